The van der Waals surface area contributed by atoms with E-state index in [0.717, 1.165) is 25.0 Å². The maximum atomic E-state index is 13.6. The van der Waals surface area contributed by atoms with Crippen molar-refractivity contribution in [1.82, 2.24) is 5.32 Å². The van der Waals surface area contributed by atoms with E-state index in [1.165, 1.54) is 0 Å². The van der Waals surface area contributed by atoms with Crippen molar-refractivity contribution in [2.75, 3.05) is 5.73 Å². The van der Waals surface area contributed by atoms with Gasteiger partial charge in [0.25, 0.3) is 11.6 Å². The number of nitrogen functional groups attached to an aromatic ring is 1. The molecule has 0 radical (unpaired) electrons. The molecular weight excluding hydrogens is 253 g/mol. The minimum Gasteiger partial charge on any atom is -0.392 e. The summed E-state index contributed by atoms with van der Waals surface area (Å²) in [5.41, 5.74) is 4.16. The van der Waals surface area contributed by atoms with Crippen LogP contribution in [-0.2, 0) is 0 Å². The van der Waals surface area contributed by atoms with Crippen molar-refractivity contribution in [3.63, 3.8) is 0 Å². The number of carbonyl (C=O) groups is 1. The average molecular weight is 267 g/mol. The Morgan fingerprint density at radius 2 is 2.32 bits per heavy atom. The van der Waals surface area contributed by atoms with E-state index in [2.05, 4.69) is 5.32 Å². The Labute approximate surface area is 108 Å². The topological polar surface area (TPSA) is 98.3 Å². The molecule has 1 fully saturated rings. The lowest BCUT2D eigenvalue weighted by atomic mass is 10.1. The van der Waals surface area contributed by atoms with E-state index in [4.69, 9.17) is 5.73 Å². The van der Waals surface area contributed by atoms with Gasteiger partial charge >= 0.3 is 0 Å². The maximum absolute atomic E-state index is 13.6. The number of nitrogens with two attached hydrogens (primary N) is 1. The highest BCUT2D eigenvalue weighted by Gasteiger charge is 2.37. The number of nitro groups is 1. The highest BCUT2D eigenvalue weighted by atomic mass is 19.1. The molecule has 7 heteroatoms. The number of nitro benzene ring substituents is 1. The van der Waals surface area contributed by atoms with Crippen LogP contribution in [0.3, 0.4) is 0 Å². The minimum absolute atomic E-state index is 0.00978. The van der Waals surface area contributed by atoms with E-state index in [9.17, 15) is 19.3 Å². The number of carbonyl (C=O) groups excluding carboxylic acids is 1. The van der Waals surface area contributed by atoms with Gasteiger partial charge in [-0.1, -0.05) is 13.3 Å². The average Bonchev–Trinajstić information content (AvgIpc) is 3.06. The Hall–Kier alpha value is -2.18. The fourth-order valence-electron chi connectivity index (χ4n) is 2.09. The van der Waals surface area contributed by atoms with Crippen LogP contribution in [-0.4, -0.2) is 16.9 Å². The van der Waals surface area contributed by atoms with Crippen molar-refractivity contribution in [3.8, 4) is 0 Å². The van der Waals surface area contributed by atoms with Crippen molar-refractivity contribution in [1.29, 1.82) is 0 Å². The molecule has 1 saturated carbocycles. The van der Waals surface area contributed by atoms with Gasteiger partial charge in [0.05, 0.1) is 4.92 Å². The van der Waals surface area contributed by atoms with E-state index in [1.807, 2.05) is 6.92 Å². The fourth-order valence-corrected chi connectivity index (χ4v) is 2.09. The molecule has 1 aromatic rings. The molecule has 2 unspecified atom stereocenters. The van der Waals surface area contributed by atoms with Gasteiger partial charge < -0.3 is 11.1 Å². The van der Waals surface area contributed by atoms with E-state index in [-0.39, 0.29) is 6.04 Å². The highest BCUT2D eigenvalue weighted by molar-refractivity contribution is 6.01. The number of rotatable bonds is 4. The van der Waals surface area contributed by atoms with Crippen LogP contribution in [0.5, 0.6) is 0 Å². The van der Waals surface area contributed by atoms with Crippen LogP contribution in [0, 0.1) is 21.8 Å². The summed E-state index contributed by atoms with van der Waals surface area (Å²) in [6.07, 6.45) is 1.77. The molecule has 2 rings (SSSR count). The third kappa shape index (κ3) is 2.49. The van der Waals surface area contributed by atoms with E-state index >= 15 is 0 Å². The second-order valence-electron chi connectivity index (χ2n) is 4.60. The summed E-state index contributed by atoms with van der Waals surface area (Å²) in [6.45, 7) is 2.00. The zero-order valence-electron chi connectivity index (χ0n) is 10.4. The molecule has 6 nitrogen and oxygen atoms in total. The molecular formula is C12H14FN3O3. The number of halogens is 1. The Balaban J connectivity index is 2.26. The van der Waals surface area contributed by atoms with Gasteiger partial charge in [-0.05, 0) is 18.4 Å². The second-order valence-corrected chi connectivity index (χ2v) is 4.60. The first-order valence-electron chi connectivity index (χ1n) is 5.99. The summed E-state index contributed by atoms with van der Waals surface area (Å²) in [4.78, 5) is 21.9. The van der Waals surface area contributed by atoms with E-state index in [1.54, 1.807) is 0 Å². The molecule has 0 aromatic heterocycles. The van der Waals surface area contributed by atoms with Crippen molar-refractivity contribution in [2.45, 2.75) is 25.8 Å². The minimum atomic E-state index is -0.853. The Morgan fingerprint density at radius 3 is 2.84 bits per heavy atom. The molecule has 102 valence electrons. The molecule has 1 aliphatic carbocycles. The molecule has 0 bridgehead atoms. The monoisotopic (exact) mass is 267 g/mol. The SMILES string of the molecule is CCC1CC1NC(=O)c1c(F)ccc([N+](=O)[O-])c1N. The first kappa shape index (κ1) is 13.3. The lowest BCUT2D eigenvalue weighted by molar-refractivity contribution is -0.384. The first-order valence-corrected chi connectivity index (χ1v) is 5.99. The quantitative estimate of drug-likeness (QED) is 0.494. The van der Waals surface area contributed by atoms with Crippen LogP contribution in [0.25, 0.3) is 0 Å². The van der Waals surface area contributed by atoms with Crippen LogP contribution in [0.15, 0.2) is 12.1 Å². The van der Waals surface area contributed by atoms with Crippen LogP contribution >= 0.6 is 0 Å². The molecule has 1 aliphatic rings. The maximum Gasteiger partial charge on any atom is 0.293 e. The van der Waals surface area contributed by atoms with Crippen molar-refractivity contribution in [2.24, 2.45) is 5.92 Å². The molecule has 0 saturated heterocycles. The summed E-state index contributed by atoms with van der Waals surface area (Å²) in [7, 11) is 0. The molecule has 1 aromatic carbocycles. The number of anilines is 1. The van der Waals surface area contributed by atoms with E-state index in [0.29, 0.717) is 5.92 Å². The fraction of sp³-hybridized carbons (Fsp3) is 0.417. The summed E-state index contributed by atoms with van der Waals surface area (Å²) in [6, 6.07) is 1.84. The standard InChI is InChI=1S/C12H14FN3O3/c1-2-6-5-8(6)15-12(17)10-7(13)3-4-9(11(10)14)16(18)19/h3-4,6,8H,2,5,14H2,1H3,(H,15,17). The number of hydrogen-bond acceptors (Lipinski definition) is 4. The zero-order chi connectivity index (χ0) is 14.2. The summed E-state index contributed by atoms with van der Waals surface area (Å²) >= 11 is 0. The molecule has 0 spiro atoms. The lowest BCUT2D eigenvalue weighted by Gasteiger charge is -2.08. The zero-order valence-corrected chi connectivity index (χ0v) is 10.4. The molecule has 0 aliphatic heterocycles. The molecule has 3 N–H and O–H groups in total. The number of hydrogen-bond donors (Lipinski definition) is 2. The molecule has 19 heavy (non-hydrogen) atoms. The normalized spacial score (nSPS) is 20.9. The Bertz CT molecular complexity index is 547. The largest absolute Gasteiger partial charge is 0.392 e. The van der Waals surface area contributed by atoms with Crippen LogP contribution in [0.2, 0.25) is 0 Å². The van der Waals surface area contributed by atoms with Gasteiger partial charge in [0, 0.05) is 12.1 Å². The van der Waals surface area contributed by atoms with Gasteiger partial charge in [-0.15, -0.1) is 0 Å². The second kappa shape index (κ2) is 4.83. The van der Waals surface area contributed by atoms with Crippen LogP contribution in [0.1, 0.15) is 30.1 Å². The van der Waals surface area contributed by atoms with Crippen molar-refractivity contribution in [3.05, 3.63) is 33.6 Å². The number of benzene rings is 1. The first-order chi connectivity index (χ1) is 8.95. The lowest BCUT2D eigenvalue weighted by Crippen LogP contribution is -2.28. The van der Waals surface area contributed by atoms with Crippen molar-refractivity contribution >= 4 is 17.3 Å². The number of nitrogens with one attached hydrogen (secondary N) is 1. The highest BCUT2D eigenvalue weighted by Crippen LogP contribution is 2.34. The van der Waals surface area contributed by atoms with Gasteiger partial charge in [-0.3, -0.25) is 14.9 Å². The summed E-state index contributed by atoms with van der Waals surface area (Å²) in [5, 5.41) is 13.3. The van der Waals surface area contributed by atoms with Gasteiger partial charge in [-0.2, -0.15) is 0 Å². The van der Waals surface area contributed by atoms with Crippen LogP contribution < -0.4 is 11.1 Å². The number of nitrogens with zero attached hydrogens (tertiary/aromatic N) is 1. The predicted molar refractivity (Wildman–Crippen MR) is 67.1 cm³/mol. The van der Waals surface area contributed by atoms with Gasteiger partial charge in [-0.25, -0.2) is 4.39 Å². The summed E-state index contributed by atoms with van der Waals surface area (Å²) < 4.78 is 13.6. The van der Waals surface area contributed by atoms with Crippen molar-refractivity contribution < 1.29 is 14.1 Å². The Kier molecular flexibility index (Phi) is 3.37. The molecule has 1 amide bonds. The molecule has 2 atom stereocenters. The van der Waals surface area contributed by atoms with Gasteiger partial charge in [0.15, 0.2) is 0 Å². The van der Waals surface area contributed by atoms with Crippen LogP contribution in [0.4, 0.5) is 15.8 Å². The van der Waals surface area contributed by atoms with Gasteiger partial charge in [0.2, 0.25) is 0 Å². The third-order valence-electron chi connectivity index (χ3n) is 3.36. The predicted octanol–water partition coefficient (Wildman–Crippen LogP) is 1.84. The van der Waals surface area contributed by atoms with E-state index < -0.39 is 33.6 Å². The smallest absolute Gasteiger partial charge is 0.293 e. The Morgan fingerprint density at radius 1 is 1.63 bits per heavy atom. The van der Waals surface area contributed by atoms with Gasteiger partial charge in [0.1, 0.15) is 17.1 Å². The number of amides is 1. The molecule has 0 heterocycles. The third-order valence-corrected chi connectivity index (χ3v) is 3.36. The summed E-state index contributed by atoms with van der Waals surface area (Å²) in [5.74, 6) is -1.15.